The highest BCUT2D eigenvalue weighted by Crippen LogP contribution is 2.39. The van der Waals surface area contributed by atoms with Crippen molar-refractivity contribution in [1.82, 2.24) is 4.98 Å². The van der Waals surface area contributed by atoms with E-state index in [9.17, 15) is 4.79 Å². The van der Waals surface area contributed by atoms with Gasteiger partial charge in [-0.05, 0) is 19.9 Å². The lowest BCUT2D eigenvalue weighted by Crippen LogP contribution is -2.00. The number of rotatable bonds is 7. The summed E-state index contributed by atoms with van der Waals surface area (Å²) in [7, 11) is 0. The van der Waals surface area contributed by atoms with Crippen LogP contribution in [0, 0.1) is 0 Å². The molecule has 5 nitrogen and oxygen atoms in total. The van der Waals surface area contributed by atoms with Gasteiger partial charge in [0.1, 0.15) is 16.5 Å². The zero-order chi connectivity index (χ0) is 16.1. The Morgan fingerprint density at radius 3 is 2.59 bits per heavy atom. The van der Waals surface area contributed by atoms with Crippen molar-refractivity contribution in [3.63, 3.8) is 0 Å². The Morgan fingerprint density at radius 1 is 1.27 bits per heavy atom. The Bertz CT molecular complexity index is 672. The summed E-state index contributed by atoms with van der Waals surface area (Å²) in [5, 5.41) is 11.6. The highest BCUT2D eigenvalue weighted by atomic mass is 35.5. The smallest absolute Gasteiger partial charge is 0.310 e. The summed E-state index contributed by atoms with van der Waals surface area (Å²) in [6, 6.07) is 3.47. The molecule has 0 atom stereocenters. The molecule has 0 aliphatic heterocycles. The molecule has 0 aliphatic carbocycles. The summed E-state index contributed by atoms with van der Waals surface area (Å²) in [5.74, 6) is 0.260. The maximum atomic E-state index is 10.8. The Morgan fingerprint density at radius 2 is 1.95 bits per heavy atom. The predicted octanol–water partition coefficient (Wildman–Crippen LogP) is 3.89. The molecule has 1 aromatic heterocycles. The lowest BCUT2D eigenvalue weighted by molar-refractivity contribution is -0.136. The Labute approximate surface area is 137 Å². The summed E-state index contributed by atoms with van der Waals surface area (Å²) in [6.07, 6.45) is -0.0978. The molecule has 1 N–H and O–H groups in total. The third-order valence-electron chi connectivity index (χ3n) is 2.76. The number of carbonyl (C=O) groups is 1. The molecule has 0 radical (unpaired) electrons. The van der Waals surface area contributed by atoms with Crippen molar-refractivity contribution >= 4 is 28.9 Å². The first-order valence-electron chi connectivity index (χ1n) is 6.80. The van der Waals surface area contributed by atoms with Gasteiger partial charge in [-0.15, -0.1) is 11.3 Å². The summed E-state index contributed by atoms with van der Waals surface area (Å²) in [4.78, 5) is 15.1. The minimum atomic E-state index is -0.907. The molecule has 0 aliphatic rings. The van der Waals surface area contributed by atoms with E-state index in [-0.39, 0.29) is 6.42 Å². The summed E-state index contributed by atoms with van der Waals surface area (Å²) < 4.78 is 11.1. The number of hydrogen-bond acceptors (Lipinski definition) is 5. The molecule has 7 heteroatoms. The van der Waals surface area contributed by atoms with Crippen molar-refractivity contribution in [3.8, 4) is 22.8 Å². The molecule has 0 spiro atoms. The van der Waals surface area contributed by atoms with Crippen molar-refractivity contribution < 1.29 is 19.4 Å². The third kappa shape index (κ3) is 3.90. The predicted molar refractivity (Wildman–Crippen MR) is 86.2 cm³/mol. The number of halogens is 1. The van der Waals surface area contributed by atoms with E-state index in [1.807, 2.05) is 13.8 Å². The van der Waals surface area contributed by atoms with Gasteiger partial charge in [0.2, 0.25) is 0 Å². The molecular weight excluding hydrogens is 326 g/mol. The van der Waals surface area contributed by atoms with Crippen LogP contribution < -0.4 is 9.47 Å². The van der Waals surface area contributed by atoms with Crippen LogP contribution in [0.15, 0.2) is 17.5 Å². The molecule has 0 bridgehead atoms. The standard InChI is InChI=1S/C15H16ClNO4S/c1-3-20-12-6-13(21-4-2)10(16)5-9(12)11-8-22-14(17-11)7-15(18)19/h5-6,8H,3-4,7H2,1-2H3,(H,18,19). The van der Waals surface area contributed by atoms with Gasteiger partial charge in [-0.1, -0.05) is 11.6 Å². The molecule has 0 fully saturated rings. The van der Waals surface area contributed by atoms with E-state index in [2.05, 4.69) is 4.98 Å². The molecule has 2 rings (SSSR count). The summed E-state index contributed by atoms with van der Waals surface area (Å²) in [5.41, 5.74) is 1.37. The van der Waals surface area contributed by atoms with Crippen LogP contribution in [0.4, 0.5) is 0 Å². The first kappa shape index (κ1) is 16.6. The van der Waals surface area contributed by atoms with Gasteiger partial charge in [-0.2, -0.15) is 0 Å². The number of thiazole rings is 1. The normalized spacial score (nSPS) is 10.5. The van der Waals surface area contributed by atoms with Crippen molar-refractivity contribution in [2.24, 2.45) is 0 Å². The third-order valence-corrected chi connectivity index (χ3v) is 3.91. The van der Waals surface area contributed by atoms with Gasteiger partial charge in [-0.3, -0.25) is 4.79 Å². The van der Waals surface area contributed by atoms with E-state index in [1.165, 1.54) is 11.3 Å². The first-order chi connectivity index (χ1) is 10.5. The number of hydrogen-bond donors (Lipinski definition) is 1. The largest absolute Gasteiger partial charge is 0.493 e. The van der Waals surface area contributed by atoms with Crippen LogP contribution in [0.25, 0.3) is 11.3 Å². The number of aromatic nitrogens is 1. The van der Waals surface area contributed by atoms with E-state index in [0.29, 0.717) is 40.4 Å². The second-order valence-corrected chi connectivity index (χ2v) is 5.69. The Kier molecular flexibility index (Phi) is 5.63. The van der Waals surface area contributed by atoms with Crippen LogP contribution in [-0.4, -0.2) is 29.3 Å². The minimum absolute atomic E-state index is 0.0978. The maximum Gasteiger partial charge on any atom is 0.310 e. The highest BCUT2D eigenvalue weighted by molar-refractivity contribution is 7.10. The molecule has 0 amide bonds. The van der Waals surface area contributed by atoms with Crippen LogP contribution in [0.5, 0.6) is 11.5 Å². The average molecular weight is 342 g/mol. The summed E-state index contributed by atoms with van der Waals surface area (Å²) >= 11 is 7.52. The SMILES string of the molecule is CCOc1cc(OCC)c(-c2csc(CC(=O)O)n2)cc1Cl. The molecule has 0 unspecified atom stereocenters. The van der Waals surface area contributed by atoms with Gasteiger partial charge in [0.15, 0.2) is 0 Å². The second kappa shape index (κ2) is 7.47. The number of benzene rings is 1. The van der Waals surface area contributed by atoms with Gasteiger partial charge < -0.3 is 14.6 Å². The van der Waals surface area contributed by atoms with E-state index in [1.54, 1.807) is 17.5 Å². The molecule has 22 heavy (non-hydrogen) atoms. The van der Waals surface area contributed by atoms with Gasteiger partial charge in [-0.25, -0.2) is 4.98 Å². The monoisotopic (exact) mass is 341 g/mol. The van der Waals surface area contributed by atoms with Gasteiger partial charge in [0.25, 0.3) is 0 Å². The molecule has 0 saturated heterocycles. The van der Waals surface area contributed by atoms with Crippen molar-refractivity contribution in [1.29, 1.82) is 0 Å². The fourth-order valence-electron chi connectivity index (χ4n) is 1.92. The van der Waals surface area contributed by atoms with Crippen LogP contribution in [-0.2, 0) is 11.2 Å². The molecule has 1 aromatic carbocycles. The number of ether oxygens (including phenoxy) is 2. The zero-order valence-electron chi connectivity index (χ0n) is 12.3. The zero-order valence-corrected chi connectivity index (χ0v) is 13.8. The van der Waals surface area contributed by atoms with Crippen LogP contribution >= 0.6 is 22.9 Å². The second-order valence-electron chi connectivity index (χ2n) is 4.34. The van der Waals surface area contributed by atoms with Gasteiger partial charge in [0, 0.05) is 17.0 Å². The summed E-state index contributed by atoms with van der Waals surface area (Å²) in [6.45, 7) is 4.76. The van der Waals surface area contributed by atoms with Crippen molar-refractivity contribution in [3.05, 3.63) is 27.5 Å². The Balaban J connectivity index is 2.42. The Hall–Kier alpha value is -1.79. The van der Waals surface area contributed by atoms with Crippen LogP contribution in [0.2, 0.25) is 5.02 Å². The van der Waals surface area contributed by atoms with Crippen molar-refractivity contribution in [2.75, 3.05) is 13.2 Å². The van der Waals surface area contributed by atoms with Crippen molar-refractivity contribution in [2.45, 2.75) is 20.3 Å². The quantitative estimate of drug-likeness (QED) is 0.827. The van der Waals surface area contributed by atoms with Crippen LogP contribution in [0.1, 0.15) is 18.9 Å². The van der Waals surface area contributed by atoms with E-state index in [0.717, 1.165) is 5.56 Å². The lowest BCUT2D eigenvalue weighted by atomic mass is 10.1. The fraction of sp³-hybridized carbons (Fsp3) is 0.333. The van der Waals surface area contributed by atoms with Gasteiger partial charge >= 0.3 is 5.97 Å². The molecule has 118 valence electrons. The van der Waals surface area contributed by atoms with Gasteiger partial charge in [0.05, 0.1) is 30.4 Å². The van der Waals surface area contributed by atoms with E-state index >= 15 is 0 Å². The molecular formula is C15H16ClNO4S. The maximum absolute atomic E-state index is 10.8. The number of aliphatic carboxylic acids is 1. The highest BCUT2D eigenvalue weighted by Gasteiger charge is 2.16. The fourth-order valence-corrected chi connectivity index (χ4v) is 2.92. The average Bonchev–Trinajstić information content (AvgIpc) is 2.90. The lowest BCUT2D eigenvalue weighted by Gasteiger charge is -2.13. The van der Waals surface area contributed by atoms with E-state index < -0.39 is 5.97 Å². The van der Waals surface area contributed by atoms with Crippen LogP contribution in [0.3, 0.4) is 0 Å². The molecule has 2 aromatic rings. The minimum Gasteiger partial charge on any atom is -0.493 e. The number of carboxylic acids is 1. The number of carboxylic acid groups (broad SMARTS) is 1. The molecule has 1 heterocycles. The topological polar surface area (TPSA) is 68.7 Å². The molecule has 0 saturated carbocycles. The first-order valence-corrected chi connectivity index (χ1v) is 8.06. The number of nitrogens with zero attached hydrogens (tertiary/aromatic N) is 1. The van der Waals surface area contributed by atoms with E-state index in [4.69, 9.17) is 26.2 Å².